The standard InChI is InChI=1S/C28H33N3O5S/c1-19-9-4-5-11-22(19)28(33)29-25-14-15-26(24-13-7-6-12-23(24)25)37(34,35)30-20(2)21-10-8-16-31(17-21)18-27(32)36-3/h4-7,9,11-15,20-21,30H,8,10,16-18H2,1-3H3,(H,29,33). The molecule has 3 aromatic rings. The maximum atomic E-state index is 13.5. The number of nitrogens with zero attached hydrogens (tertiary/aromatic N) is 1. The fourth-order valence-electron chi connectivity index (χ4n) is 4.93. The van der Waals surface area contributed by atoms with E-state index in [9.17, 15) is 18.0 Å². The average molecular weight is 524 g/mol. The van der Waals surface area contributed by atoms with Gasteiger partial charge in [0.25, 0.3) is 5.91 Å². The summed E-state index contributed by atoms with van der Waals surface area (Å²) in [6.45, 7) is 5.33. The van der Waals surface area contributed by atoms with Crippen molar-refractivity contribution in [2.24, 2.45) is 5.92 Å². The summed E-state index contributed by atoms with van der Waals surface area (Å²) in [7, 11) is -2.49. The van der Waals surface area contributed by atoms with E-state index in [-0.39, 0.29) is 35.3 Å². The van der Waals surface area contributed by atoms with E-state index < -0.39 is 10.0 Å². The van der Waals surface area contributed by atoms with Crippen LogP contribution in [0.4, 0.5) is 5.69 Å². The number of ether oxygens (including phenoxy) is 1. The number of carbonyl (C=O) groups excluding carboxylic acids is 2. The first-order valence-corrected chi connectivity index (χ1v) is 13.9. The van der Waals surface area contributed by atoms with Crippen molar-refractivity contribution in [1.82, 2.24) is 9.62 Å². The minimum Gasteiger partial charge on any atom is -0.468 e. The molecule has 1 aliphatic heterocycles. The van der Waals surface area contributed by atoms with Gasteiger partial charge in [-0.25, -0.2) is 13.1 Å². The Kier molecular flexibility index (Phi) is 8.26. The number of piperidine rings is 1. The number of hydrogen-bond acceptors (Lipinski definition) is 6. The molecule has 196 valence electrons. The van der Waals surface area contributed by atoms with Crippen molar-refractivity contribution in [3.05, 3.63) is 71.8 Å². The quantitative estimate of drug-likeness (QED) is 0.433. The lowest BCUT2D eigenvalue weighted by atomic mass is 9.92. The molecule has 4 rings (SSSR count). The molecule has 9 heteroatoms. The van der Waals surface area contributed by atoms with Gasteiger partial charge in [0.2, 0.25) is 10.0 Å². The Morgan fingerprint density at radius 1 is 1.05 bits per heavy atom. The number of methoxy groups -OCH3 is 1. The summed E-state index contributed by atoms with van der Waals surface area (Å²) < 4.78 is 34.7. The van der Waals surface area contributed by atoms with Crippen LogP contribution < -0.4 is 10.0 Å². The number of rotatable bonds is 8. The number of esters is 1. The van der Waals surface area contributed by atoms with Crippen LogP contribution in [0.3, 0.4) is 0 Å². The van der Waals surface area contributed by atoms with E-state index >= 15 is 0 Å². The summed E-state index contributed by atoms with van der Waals surface area (Å²) in [6.07, 6.45) is 1.75. The van der Waals surface area contributed by atoms with E-state index in [0.717, 1.165) is 24.9 Å². The lowest BCUT2D eigenvalue weighted by molar-refractivity contribution is -0.142. The number of aryl methyl sites for hydroxylation is 1. The number of amides is 1. The third-order valence-corrected chi connectivity index (χ3v) is 8.60. The molecule has 3 aromatic carbocycles. The largest absolute Gasteiger partial charge is 0.468 e. The summed E-state index contributed by atoms with van der Waals surface area (Å²) in [5.41, 5.74) is 1.96. The Morgan fingerprint density at radius 3 is 2.49 bits per heavy atom. The number of hydrogen-bond donors (Lipinski definition) is 2. The summed E-state index contributed by atoms with van der Waals surface area (Å²) in [5.74, 6) is -0.485. The molecule has 1 amide bonds. The van der Waals surface area contributed by atoms with Gasteiger partial charge in [-0.15, -0.1) is 0 Å². The smallest absolute Gasteiger partial charge is 0.319 e. The molecule has 0 aromatic heterocycles. The lowest BCUT2D eigenvalue weighted by Crippen LogP contribution is -2.47. The van der Waals surface area contributed by atoms with Crippen LogP contribution in [-0.4, -0.2) is 58.0 Å². The molecule has 0 saturated carbocycles. The molecule has 1 fully saturated rings. The van der Waals surface area contributed by atoms with Crippen LogP contribution in [0.2, 0.25) is 0 Å². The number of benzene rings is 3. The predicted molar refractivity (Wildman–Crippen MR) is 144 cm³/mol. The van der Waals surface area contributed by atoms with Gasteiger partial charge in [0.1, 0.15) is 0 Å². The second-order valence-corrected chi connectivity index (χ2v) is 11.2. The molecule has 1 saturated heterocycles. The van der Waals surface area contributed by atoms with E-state index in [2.05, 4.69) is 10.0 Å². The second kappa shape index (κ2) is 11.4. The minimum atomic E-state index is -3.86. The van der Waals surface area contributed by atoms with Crippen molar-refractivity contribution in [3.63, 3.8) is 0 Å². The third kappa shape index (κ3) is 6.18. The van der Waals surface area contributed by atoms with Gasteiger partial charge in [0, 0.05) is 34.6 Å². The molecule has 8 nitrogen and oxygen atoms in total. The maximum Gasteiger partial charge on any atom is 0.319 e. The normalized spacial score (nSPS) is 17.3. The van der Waals surface area contributed by atoms with E-state index in [0.29, 0.717) is 28.6 Å². The highest BCUT2D eigenvalue weighted by molar-refractivity contribution is 7.89. The fourth-order valence-corrected chi connectivity index (χ4v) is 6.45. The molecule has 2 unspecified atom stereocenters. The van der Waals surface area contributed by atoms with Gasteiger partial charge in [-0.1, -0.05) is 42.5 Å². The predicted octanol–water partition coefficient (Wildman–Crippen LogP) is 3.95. The Morgan fingerprint density at radius 2 is 1.76 bits per heavy atom. The van der Waals surface area contributed by atoms with Gasteiger partial charge < -0.3 is 10.1 Å². The Balaban J connectivity index is 1.55. The topological polar surface area (TPSA) is 105 Å². The van der Waals surface area contributed by atoms with Gasteiger partial charge in [-0.2, -0.15) is 0 Å². The van der Waals surface area contributed by atoms with Crippen molar-refractivity contribution in [1.29, 1.82) is 0 Å². The Labute approximate surface area is 218 Å². The van der Waals surface area contributed by atoms with Crippen molar-refractivity contribution in [3.8, 4) is 0 Å². The van der Waals surface area contributed by atoms with E-state index in [1.165, 1.54) is 13.2 Å². The number of likely N-dealkylation sites (tertiary alicyclic amines) is 1. The van der Waals surface area contributed by atoms with Crippen molar-refractivity contribution < 1.29 is 22.7 Å². The maximum absolute atomic E-state index is 13.5. The van der Waals surface area contributed by atoms with Gasteiger partial charge in [0.15, 0.2) is 0 Å². The van der Waals surface area contributed by atoms with Crippen LogP contribution in [-0.2, 0) is 19.6 Å². The van der Waals surface area contributed by atoms with Crippen molar-refractivity contribution in [2.45, 2.75) is 37.6 Å². The molecular weight excluding hydrogens is 490 g/mol. The van der Waals surface area contributed by atoms with E-state index in [1.54, 1.807) is 30.3 Å². The third-order valence-electron chi connectivity index (χ3n) is 6.98. The number of carbonyl (C=O) groups is 2. The molecule has 2 N–H and O–H groups in total. The van der Waals surface area contributed by atoms with Crippen LogP contribution >= 0.6 is 0 Å². The molecule has 0 spiro atoms. The molecule has 0 radical (unpaired) electrons. The molecule has 1 heterocycles. The van der Waals surface area contributed by atoms with Crippen LogP contribution in [0, 0.1) is 12.8 Å². The van der Waals surface area contributed by atoms with Gasteiger partial charge in [-0.05, 0) is 62.9 Å². The fraction of sp³-hybridized carbons (Fsp3) is 0.357. The first-order valence-electron chi connectivity index (χ1n) is 12.4. The first-order chi connectivity index (χ1) is 17.7. The van der Waals surface area contributed by atoms with Crippen molar-refractivity contribution >= 4 is 38.4 Å². The van der Waals surface area contributed by atoms with E-state index in [4.69, 9.17) is 4.74 Å². The summed E-state index contributed by atoms with van der Waals surface area (Å²) in [5, 5.41) is 4.11. The molecular formula is C28H33N3O5S. The highest BCUT2D eigenvalue weighted by Gasteiger charge is 2.30. The zero-order valence-electron chi connectivity index (χ0n) is 21.4. The number of sulfonamides is 1. The summed E-state index contributed by atoms with van der Waals surface area (Å²) in [6, 6.07) is 17.3. The first kappa shape index (κ1) is 26.8. The Bertz CT molecular complexity index is 1410. The molecule has 0 bridgehead atoms. The SMILES string of the molecule is COC(=O)CN1CCCC(C(C)NS(=O)(=O)c2ccc(NC(=O)c3ccccc3C)c3ccccc23)C1. The molecule has 37 heavy (non-hydrogen) atoms. The Hall–Kier alpha value is -3.27. The van der Waals surface area contributed by atoms with Crippen molar-refractivity contribution in [2.75, 3.05) is 32.1 Å². The monoisotopic (exact) mass is 523 g/mol. The molecule has 1 aliphatic rings. The van der Waals surface area contributed by atoms with Crippen LogP contribution in [0.5, 0.6) is 0 Å². The zero-order chi connectivity index (χ0) is 26.6. The lowest BCUT2D eigenvalue weighted by Gasteiger charge is -2.35. The number of fused-ring (bicyclic) bond motifs is 1. The highest BCUT2D eigenvalue weighted by Crippen LogP contribution is 2.31. The summed E-state index contributed by atoms with van der Waals surface area (Å²) >= 11 is 0. The number of anilines is 1. The molecule has 0 aliphatic carbocycles. The van der Waals surface area contributed by atoms with Gasteiger partial charge in [-0.3, -0.25) is 14.5 Å². The highest BCUT2D eigenvalue weighted by atomic mass is 32.2. The molecule has 2 atom stereocenters. The van der Waals surface area contributed by atoms with Crippen LogP contribution in [0.25, 0.3) is 10.8 Å². The second-order valence-electron chi connectivity index (χ2n) is 9.55. The van der Waals surface area contributed by atoms with Gasteiger partial charge in [0.05, 0.1) is 18.6 Å². The number of nitrogens with one attached hydrogen (secondary N) is 2. The van der Waals surface area contributed by atoms with E-state index in [1.807, 2.05) is 43.0 Å². The minimum absolute atomic E-state index is 0.0621. The average Bonchev–Trinajstić information content (AvgIpc) is 2.88. The van der Waals surface area contributed by atoms with Gasteiger partial charge >= 0.3 is 5.97 Å². The zero-order valence-corrected chi connectivity index (χ0v) is 22.2. The van der Waals surface area contributed by atoms with Crippen LogP contribution in [0.1, 0.15) is 35.7 Å². The summed E-state index contributed by atoms with van der Waals surface area (Å²) in [4.78, 5) is 26.8. The van der Waals surface area contributed by atoms with Crippen LogP contribution in [0.15, 0.2) is 65.6 Å².